The molecule has 2 aliphatic rings. The molecule has 1 aromatic heterocycles. The standard InChI is InChI=1S/C26H35FN4O2/c1-18(2)22-15-23-24(32)30(16-19-10-9-11-20(27)14-19)26(3,17-31(23)29-22)25(33)28-21-12-7-5-4-6-8-13-21/h9-11,14-15,18,21H,4-8,12-13,16-17H2,1-3H3,(H,28,33). The average molecular weight is 455 g/mol. The first-order valence-electron chi connectivity index (χ1n) is 12.2. The minimum absolute atomic E-state index is 0.117. The van der Waals surface area contributed by atoms with Gasteiger partial charge in [0.15, 0.2) is 0 Å². The first-order valence-corrected chi connectivity index (χ1v) is 12.2. The van der Waals surface area contributed by atoms with Crippen molar-refractivity contribution in [2.45, 2.75) is 96.3 Å². The van der Waals surface area contributed by atoms with Gasteiger partial charge in [-0.1, -0.05) is 58.1 Å². The molecule has 2 amide bonds. The number of amides is 2. The molecule has 1 fully saturated rings. The van der Waals surface area contributed by atoms with Crippen molar-refractivity contribution in [1.82, 2.24) is 20.0 Å². The minimum atomic E-state index is -1.13. The molecule has 0 bridgehead atoms. The number of halogens is 1. The van der Waals surface area contributed by atoms with Crippen molar-refractivity contribution in [2.24, 2.45) is 0 Å². The Hall–Kier alpha value is -2.70. The summed E-state index contributed by atoms with van der Waals surface area (Å²) in [4.78, 5) is 29.0. The van der Waals surface area contributed by atoms with Crippen molar-refractivity contribution in [3.8, 4) is 0 Å². The van der Waals surface area contributed by atoms with E-state index in [4.69, 9.17) is 0 Å². The molecule has 7 heteroatoms. The summed E-state index contributed by atoms with van der Waals surface area (Å²) in [6.45, 7) is 6.30. The summed E-state index contributed by atoms with van der Waals surface area (Å²) in [5.74, 6) is -0.599. The Morgan fingerprint density at radius 2 is 1.88 bits per heavy atom. The van der Waals surface area contributed by atoms with Gasteiger partial charge in [-0.3, -0.25) is 14.3 Å². The molecule has 1 aliphatic carbocycles. The first kappa shape index (κ1) is 23.5. The fourth-order valence-electron chi connectivity index (χ4n) is 4.95. The largest absolute Gasteiger partial charge is 0.351 e. The van der Waals surface area contributed by atoms with Gasteiger partial charge in [0.2, 0.25) is 5.91 Å². The van der Waals surface area contributed by atoms with Crippen LogP contribution in [0.25, 0.3) is 0 Å². The second-order valence-electron chi connectivity index (χ2n) is 10.1. The molecule has 2 aromatic rings. The maximum absolute atomic E-state index is 13.9. The van der Waals surface area contributed by atoms with Crippen molar-refractivity contribution in [2.75, 3.05) is 0 Å². The average Bonchev–Trinajstić information content (AvgIpc) is 3.17. The van der Waals surface area contributed by atoms with E-state index in [0.29, 0.717) is 11.3 Å². The second-order valence-corrected chi connectivity index (χ2v) is 10.1. The van der Waals surface area contributed by atoms with Gasteiger partial charge in [-0.2, -0.15) is 5.10 Å². The van der Waals surface area contributed by atoms with E-state index >= 15 is 0 Å². The number of nitrogens with one attached hydrogen (secondary N) is 1. The first-order chi connectivity index (χ1) is 15.8. The van der Waals surface area contributed by atoms with Crippen LogP contribution in [0.1, 0.15) is 93.4 Å². The number of carbonyl (C=O) groups excluding carboxylic acids is 2. The lowest BCUT2D eigenvalue weighted by molar-refractivity contribution is -0.134. The van der Waals surface area contributed by atoms with Gasteiger partial charge in [-0.15, -0.1) is 0 Å². The van der Waals surface area contributed by atoms with Crippen LogP contribution in [0.15, 0.2) is 30.3 Å². The molecule has 1 unspecified atom stereocenters. The van der Waals surface area contributed by atoms with E-state index in [0.717, 1.165) is 31.4 Å². The van der Waals surface area contributed by atoms with Gasteiger partial charge < -0.3 is 10.2 Å². The Morgan fingerprint density at radius 3 is 2.55 bits per heavy atom. The summed E-state index contributed by atoms with van der Waals surface area (Å²) < 4.78 is 15.6. The SMILES string of the molecule is CC(C)c1cc2n(n1)CC(C)(C(=O)NC1CCCCCCC1)N(Cc1cccc(F)c1)C2=O. The zero-order valence-corrected chi connectivity index (χ0v) is 19.9. The van der Waals surface area contributed by atoms with Gasteiger partial charge >= 0.3 is 0 Å². The molecule has 0 spiro atoms. The summed E-state index contributed by atoms with van der Waals surface area (Å²) in [6, 6.07) is 8.16. The predicted molar refractivity (Wildman–Crippen MR) is 125 cm³/mol. The fraction of sp³-hybridized carbons (Fsp3) is 0.577. The maximum atomic E-state index is 13.9. The van der Waals surface area contributed by atoms with Gasteiger partial charge in [0.05, 0.1) is 12.2 Å². The molecule has 178 valence electrons. The molecule has 0 radical (unpaired) electrons. The highest BCUT2D eigenvalue weighted by molar-refractivity contribution is 5.99. The van der Waals surface area contributed by atoms with Gasteiger partial charge in [0.1, 0.15) is 17.1 Å². The lowest BCUT2D eigenvalue weighted by atomic mass is 9.91. The topological polar surface area (TPSA) is 67.2 Å². The van der Waals surface area contributed by atoms with Crippen molar-refractivity contribution in [3.63, 3.8) is 0 Å². The van der Waals surface area contributed by atoms with Gasteiger partial charge in [0, 0.05) is 12.6 Å². The molecule has 1 aromatic carbocycles. The minimum Gasteiger partial charge on any atom is -0.351 e. The quantitative estimate of drug-likeness (QED) is 0.706. The molecule has 0 saturated heterocycles. The highest BCUT2D eigenvalue weighted by Crippen LogP contribution is 2.31. The normalized spacial score (nSPS) is 22.1. The summed E-state index contributed by atoms with van der Waals surface area (Å²) in [5, 5.41) is 7.89. The van der Waals surface area contributed by atoms with E-state index in [9.17, 15) is 14.0 Å². The van der Waals surface area contributed by atoms with Gasteiger partial charge in [0.25, 0.3) is 5.91 Å². The zero-order valence-electron chi connectivity index (χ0n) is 19.9. The van der Waals surface area contributed by atoms with Crippen LogP contribution in [-0.4, -0.2) is 38.1 Å². The number of hydrogen-bond acceptors (Lipinski definition) is 3. The molecule has 33 heavy (non-hydrogen) atoms. The smallest absolute Gasteiger partial charge is 0.273 e. The zero-order chi connectivity index (χ0) is 23.6. The molecule has 1 N–H and O–H groups in total. The van der Waals surface area contributed by atoms with Crippen LogP contribution in [0.3, 0.4) is 0 Å². The van der Waals surface area contributed by atoms with Crippen molar-refractivity contribution < 1.29 is 14.0 Å². The van der Waals surface area contributed by atoms with Crippen LogP contribution < -0.4 is 5.32 Å². The van der Waals surface area contributed by atoms with Crippen LogP contribution in [0.2, 0.25) is 0 Å². The number of rotatable bonds is 5. The van der Waals surface area contributed by atoms with Gasteiger partial charge in [-0.05, 0) is 49.4 Å². The third-order valence-corrected chi connectivity index (χ3v) is 7.07. The highest BCUT2D eigenvalue weighted by atomic mass is 19.1. The lowest BCUT2D eigenvalue weighted by Gasteiger charge is -2.44. The lowest BCUT2D eigenvalue weighted by Crippen LogP contribution is -2.64. The van der Waals surface area contributed by atoms with Crippen molar-refractivity contribution in [1.29, 1.82) is 0 Å². The molecular weight excluding hydrogens is 419 g/mol. The molecule has 1 saturated carbocycles. The Morgan fingerprint density at radius 1 is 1.18 bits per heavy atom. The summed E-state index contributed by atoms with van der Waals surface area (Å²) >= 11 is 0. The second kappa shape index (κ2) is 9.65. The molecule has 2 heterocycles. The van der Waals surface area contributed by atoms with E-state index in [1.165, 1.54) is 31.4 Å². The monoisotopic (exact) mass is 454 g/mol. The van der Waals surface area contributed by atoms with Crippen LogP contribution in [0.4, 0.5) is 4.39 Å². The molecule has 1 aliphatic heterocycles. The number of carbonyl (C=O) groups is 2. The van der Waals surface area contributed by atoms with Crippen LogP contribution in [0, 0.1) is 5.82 Å². The van der Waals surface area contributed by atoms with E-state index in [-0.39, 0.29) is 42.7 Å². The fourth-order valence-corrected chi connectivity index (χ4v) is 4.95. The number of hydrogen-bond donors (Lipinski definition) is 1. The van der Waals surface area contributed by atoms with Crippen LogP contribution in [-0.2, 0) is 17.9 Å². The maximum Gasteiger partial charge on any atom is 0.273 e. The van der Waals surface area contributed by atoms with Crippen molar-refractivity contribution >= 4 is 11.8 Å². The molecule has 4 rings (SSSR count). The Bertz CT molecular complexity index is 1010. The predicted octanol–water partition coefficient (Wildman–Crippen LogP) is 4.79. The van der Waals surface area contributed by atoms with Gasteiger partial charge in [-0.25, -0.2) is 4.39 Å². The van der Waals surface area contributed by atoms with Crippen LogP contribution >= 0.6 is 0 Å². The Labute approximate surface area is 195 Å². The molecule has 6 nitrogen and oxygen atoms in total. The number of aromatic nitrogens is 2. The number of nitrogens with zero attached hydrogens (tertiary/aromatic N) is 3. The number of fused-ring (bicyclic) bond motifs is 1. The third kappa shape index (κ3) is 4.97. The van der Waals surface area contributed by atoms with E-state index in [1.54, 1.807) is 21.7 Å². The van der Waals surface area contributed by atoms with Crippen LogP contribution in [0.5, 0.6) is 0 Å². The van der Waals surface area contributed by atoms with E-state index < -0.39 is 5.54 Å². The third-order valence-electron chi connectivity index (χ3n) is 7.07. The summed E-state index contributed by atoms with van der Waals surface area (Å²) in [7, 11) is 0. The number of benzene rings is 1. The van der Waals surface area contributed by atoms with Crippen molar-refractivity contribution in [3.05, 3.63) is 53.1 Å². The Balaban J connectivity index is 1.66. The Kier molecular flexibility index (Phi) is 6.86. The molecule has 1 atom stereocenters. The molecular formula is C26H35FN4O2. The summed E-state index contributed by atoms with van der Waals surface area (Å²) in [6.07, 6.45) is 7.79. The summed E-state index contributed by atoms with van der Waals surface area (Å²) in [5.41, 5.74) is 0.837. The van der Waals surface area contributed by atoms with E-state index in [2.05, 4.69) is 10.4 Å². The van der Waals surface area contributed by atoms with E-state index in [1.807, 2.05) is 26.8 Å². The highest BCUT2D eigenvalue weighted by Gasteiger charge is 2.48.